The summed E-state index contributed by atoms with van der Waals surface area (Å²) in [5.74, 6) is 0. The van der Waals surface area contributed by atoms with Crippen LogP contribution < -0.4 is 4.90 Å². The molecule has 0 radical (unpaired) electrons. The van der Waals surface area contributed by atoms with E-state index in [9.17, 15) is 15.2 Å². The number of rotatable bonds is 7. The monoisotopic (exact) mass is 422 g/mol. The normalized spacial score (nSPS) is 10.9. The Morgan fingerprint density at radius 2 is 1.16 bits per heavy atom. The predicted octanol–water partition coefficient (Wildman–Crippen LogP) is 6.73. The molecule has 0 fully saturated rings. The van der Waals surface area contributed by atoms with Crippen molar-refractivity contribution in [3.8, 4) is 0 Å². The SMILES string of the molecule is O=[N+]([O-])c1ccc(/C=C/c2ccc(N(c3ccccc3)c3ccc(CO)cc3)cc2)cc1. The molecule has 0 unspecified atom stereocenters. The first-order valence-corrected chi connectivity index (χ1v) is 10.2. The van der Waals surface area contributed by atoms with Crippen LogP contribution in [0.15, 0.2) is 103 Å². The number of aliphatic hydroxyl groups excluding tert-OH is 1. The molecule has 4 aromatic carbocycles. The molecule has 0 saturated carbocycles. The zero-order valence-corrected chi connectivity index (χ0v) is 17.3. The first-order chi connectivity index (χ1) is 15.6. The smallest absolute Gasteiger partial charge is 0.269 e. The predicted molar refractivity (Wildman–Crippen MR) is 129 cm³/mol. The van der Waals surface area contributed by atoms with Crippen LogP contribution in [0.5, 0.6) is 0 Å². The highest BCUT2D eigenvalue weighted by atomic mass is 16.6. The highest BCUT2D eigenvalue weighted by Crippen LogP contribution is 2.34. The van der Waals surface area contributed by atoms with Gasteiger partial charge in [0.1, 0.15) is 0 Å². The van der Waals surface area contributed by atoms with Crippen molar-refractivity contribution >= 4 is 34.9 Å². The minimum Gasteiger partial charge on any atom is -0.392 e. The number of aliphatic hydroxyl groups is 1. The Labute approximate surface area is 186 Å². The number of hydrogen-bond donors (Lipinski definition) is 1. The van der Waals surface area contributed by atoms with Gasteiger partial charge >= 0.3 is 0 Å². The van der Waals surface area contributed by atoms with Crippen molar-refractivity contribution in [2.45, 2.75) is 6.61 Å². The summed E-state index contributed by atoms with van der Waals surface area (Å²) in [7, 11) is 0. The summed E-state index contributed by atoms with van der Waals surface area (Å²) in [4.78, 5) is 12.5. The summed E-state index contributed by atoms with van der Waals surface area (Å²) in [5, 5.41) is 20.1. The van der Waals surface area contributed by atoms with Gasteiger partial charge in [0.2, 0.25) is 0 Å². The minimum absolute atomic E-state index is 0.0153. The number of non-ortho nitro benzene ring substituents is 1. The zero-order chi connectivity index (χ0) is 22.3. The number of benzene rings is 4. The zero-order valence-electron chi connectivity index (χ0n) is 17.3. The van der Waals surface area contributed by atoms with E-state index in [0.717, 1.165) is 33.8 Å². The van der Waals surface area contributed by atoms with E-state index >= 15 is 0 Å². The van der Waals surface area contributed by atoms with E-state index in [-0.39, 0.29) is 12.3 Å². The standard InChI is InChI=1S/C27H22N2O3/c30-20-23-12-16-26(17-13-23)28(24-4-2-1-3-5-24)25-14-8-21(9-15-25)6-7-22-10-18-27(19-11-22)29(31)32/h1-19,30H,20H2/b7-6+. The Hall–Kier alpha value is -4.22. The van der Waals surface area contributed by atoms with Crippen LogP contribution in [0, 0.1) is 10.1 Å². The van der Waals surface area contributed by atoms with Gasteiger partial charge in [-0.1, -0.05) is 54.6 Å². The maximum Gasteiger partial charge on any atom is 0.269 e. The number of nitrogens with zero attached hydrogens (tertiary/aromatic N) is 2. The van der Waals surface area contributed by atoms with Gasteiger partial charge in [0.25, 0.3) is 5.69 Å². The van der Waals surface area contributed by atoms with Crippen LogP contribution in [-0.4, -0.2) is 10.0 Å². The van der Waals surface area contributed by atoms with Crippen LogP contribution >= 0.6 is 0 Å². The van der Waals surface area contributed by atoms with Gasteiger partial charge in [-0.2, -0.15) is 0 Å². The third-order valence-corrected chi connectivity index (χ3v) is 5.11. The molecule has 0 bridgehead atoms. The maximum atomic E-state index is 10.8. The van der Waals surface area contributed by atoms with Gasteiger partial charge in [0.15, 0.2) is 0 Å². The van der Waals surface area contributed by atoms with E-state index in [0.29, 0.717) is 0 Å². The molecular formula is C27H22N2O3. The number of hydrogen-bond acceptors (Lipinski definition) is 4. The molecule has 4 rings (SSSR count). The largest absolute Gasteiger partial charge is 0.392 e. The highest BCUT2D eigenvalue weighted by molar-refractivity contribution is 5.78. The fourth-order valence-corrected chi connectivity index (χ4v) is 3.41. The molecule has 0 aliphatic carbocycles. The Balaban J connectivity index is 1.59. The molecule has 0 heterocycles. The number of nitro benzene ring substituents is 1. The molecule has 0 aromatic heterocycles. The van der Waals surface area contributed by atoms with Crippen LogP contribution in [0.2, 0.25) is 0 Å². The van der Waals surface area contributed by atoms with Crippen LogP contribution in [0.4, 0.5) is 22.7 Å². The van der Waals surface area contributed by atoms with Crippen LogP contribution in [-0.2, 0) is 6.61 Å². The van der Waals surface area contributed by atoms with Gasteiger partial charge in [-0.15, -0.1) is 0 Å². The Kier molecular flexibility index (Phi) is 6.39. The average Bonchev–Trinajstić information content (AvgIpc) is 2.85. The van der Waals surface area contributed by atoms with Gasteiger partial charge < -0.3 is 10.0 Å². The molecule has 0 spiro atoms. The van der Waals surface area contributed by atoms with E-state index in [4.69, 9.17) is 0 Å². The number of nitro groups is 1. The Morgan fingerprint density at radius 1 is 0.688 bits per heavy atom. The Morgan fingerprint density at radius 3 is 1.66 bits per heavy atom. The molecule has 4 aromatic rings. The van der Waals surface area contributed by atoms with Crippen molar-refractivity contribution in [1.29, 1.82) is 0 Å². The van der Waals surface area contributed by atoms with Crippen molar-refractivity contribution in [2.75, 3.05) is 4.90 Å². The molecule has 0 amide bonds. The summed E-state index contributed by atoms with van der Waals surface area (Å²) in [5.41, 5.74) is 5.93. The second-order valence-electron chi connectivity index (χ2n) is 7.27. The summed E-state index contributed by atoms with van der Waals surface area (Å²) in [6, 6.07) is 32.6. The first-order valence-electron chi connectivity index (χ1n) is 10.2. The van der Waals surface area contributed by atoms with Crippen LogP contribution in [0.25, 0.3) is 12.2 Å². The van der Waals surface area contributed by atoms with Crippen molar-refractivity contribution in [2.24, 2.45) is 0 Å². The van der Waals surface area contributed by atoms with E-state index in [1.54, 1.807) is 12.1 Å². The molecule has 0 aliphatic rings. The molecule has 158 valence electrons. The lowest BCUT2D eigenvalue weighted by Gasteiger charge is -2.25. The summed E-state index contributed by atoms with van der Waals surface area (Å²) < 4.78 is 0. The lowest BCUT2D eigenvalue weighted by Crippen LogP contribution is -2.09. The molecule has 5 heteroatoms. The van der Waals surface area contributed by atoms with Crippen molar-refractivity contribution < 1.29 is 10.0 Å². The lowest BCUT2D eigenvalue weighted by atomic mass is 10.1. The molecule has 5 nitrogen and oxygen atoms in total. The van der Waals surface area contributed by atoms with Gasteiger partial charge in [0.05, 0.1) is 11.5 Å². The van der Waals surface area contributed by atoms with E-state index in [1.165, 1.54) is 12.1 Å². The molecule has 32 heavy (non-hydrogen) atoms. The second kappa shape index (κ2) is 9.73. The van der Waals surface area contributed by atoms with Crippen LogP contribution in [0.1, 0.15) is 16.7 Å². The first kappa shape index (κ1) is 21.0. The molecule has 0 saturated heterocycles. The maximum absolute atomic E-state index is 10.8. The minimum atomic E-state index is -0.401. The molecule has 0 atom stereocenters. The van der Waals surface area contributed by atoms with Gasteiger partial charge in [-0.05, 0) is 65.2 Å². The van der Waals surface area contributed by atoms with Crippen molar-refractivity contribution in [3.63, 3.8) is 0 Å². The number of anilines is 3. The third kappa shape index (κ3) is 4.91. The van der Waals surface area contributed by atoms with E-state index in [1.807, 2.05) is 66.7 Å². The molecular weight excluding hydrogens is 400 g/mol. The quantitative estimate of drug-likeness (QED) is 0.204. The lowest BCUT2D eigenvalue weighted by molar-refractivity contribution is -0.384. The van der Waals surface area contributed by atoms with Gasteiger partial charge in [-0.3, -0.25) is 10.1 Å². The Bertz CT molecular complexity index is 1200. The van der Waals surface area contributed by atoms with Gasteiger partial charge in [-0.25, -0.2) is 0 Å². The fraction of sp³-hybridized carbons (Fsp3) is 0.0370. The van der Waals surface area contributed by atoms with Gasteiger partial charge in [0, 0.05) is 29.2 Å². The van der Waals surface area contributed by atoms with E-state index in [2.05, 4.69) is 29.2 Å². The van der Waals surface area contributed by atoms with Crippen molar-refractivity contribution in [1.82, 2.24) is 0 Å². The van der Waals surface area contributed by atoms with Crippen molar-refractivity contribution in [3.05, 3.63) is 130 Å². The number of para-hydroxylation sites is 1. The highest BCUT2D eigenvalue weighted by Gasteiger charge is 2.12. The average molecular weight is 422 g/mol. The molecule has 0 aliphatic heterocycles. The summed E-state index contributed by atoms with van der Waals surface area (Å²) in [6.07, 6.45) is 3.91. The summed E-state index contributed by atoms with van der Waals surface area (Å²) in [6.45, 7) is 0.0153. The molecule has 1 N–H and O–H groups in total. The fourth-order valence-electron chi connectivity index (χ4n) is 3.41. The summed E-state index contributed by atoms with van der Waals surface area (Å²) >= 11 is 0. The second-order valence-corrected chi connectivity index (χ2v) is 7.27. The third-order valence-electron chi connectivity index (χ3n) is 5.11. The van der Waals surface area contributed by atoms with E-state index < -0.39 is 4.92 Å². The van der Waals surface area contributed by atoms with Crippen LogP contribution in [0.3, 0.4) is 0 Å². The topological polar surface area (TPSA) is 66.6 Å².